The first-order valence-corrected chi connectivity index (χ1v) is 4.26. The molecule has 0 radical (unpaired) electrons. The van der Waals surface area contributed by atoms with E-state index < -0.39 is 0 Å². The fourth-order valence-electron chi connectivity index (χ4n) is 1.12. The Bertz CT molecular complexity index is 45.3. The van der Waals surface area contributed by atoms with Crippen molar-refractivity contribution in [2.45, 2.75) is 25.7 Å². The van der Waals surface area contributed by atoms with E-state index in [-0.39, 0.29) is 21.1 Å². The van der Waals surface area contributed by atoms with Gasteiger partial charge in [-0.1, -0.05) is 25.7 Å². The molecule has 2 heterocycles. The van der Waals surface area contributed by atoms with Gasteiger partial charge in [-0.15, -0.1) is 26.2 Å². The van der Waals surface area contributed by atoms with Crippen molar-refractivity contribution in [2.75, 3.05) is 26.2 Å². The summed E-state index contributed by atoms with van der Waals surface area (Å²) in [5.74, 6) is 0. The van der Waals surface area contributed by atoms with E-state index in [1.54, 1.807) is 0 Å². The standard InChI is InChI=1S/2C4H8N.Pt/c2*1-2-4-5-3-1;/h2*1-4H2;/q2*-1;+2. The predicted octanol–water partition coefficient (Wildman–Crippen LogP) is 2.31. The summed E-state index contributed by atoms with van der Waals surface area (Å²) in [5, 5.41) is 8.17. The molecule has 0 bridgehead atoms. The summed E-state index contributed by atoms with van der Waals surface area (Å²) in [6.45, 7) is 4.50. The molecule has 0 aromatic rings. The third-order valence-electron chi connectivity index (χ3n) is 1.76. The summed E-state index contributed by atoms with van der Waals surface area (Å²) in [6.07, 6.45) is 5.33. The fraction of sp³-hybridized carbons (Fsp3) is 1.00. The van der Waals surface area contributed by atoms with E-state index in [0.29, 0.717) is 0 Å². The van der Waals surface area contributed by atoms with Crippen LogP contribution in [-0.4, -0.2) is 26.2 Å². The maximum atomic E-state index is 4.08. The SMILES string of the molecule is C1CC[N-]C1.C1CC[N-]C1.[Pt+2]. The molecule has 0 spiro atoms. The maximum Gasteiger partial charge on any atom is 2.00 e. The Kier molecular flexibility index (Phi) is 9.18. The van der Waals surface area contributed by atoms with Gasteiger partial charge in [0.2, 0.25) is 0 Å². The summed E-state index contributed by atoms with van der Waals surface area (Å²) in [6, 6.07) is 0. The molecule has 2 saturated heterocycles. The van der Waals surface area contributed by atoms with Crippen molar-refractivity contribution in [3.05, 3.63) is 10.6 Å². The largest absolute Gasteiger partial charge is 2.00 e. The van der Waals surface area contributed by atoms with E-state index >= 15 is 0 Å². The quantitative estimate of drug-likeness (QED) is 0.650. The molecule has 2 rings (SSSR count). The van der Waals surface area contributed by atoms with E-state index in [2.05, 4.69) is 10.6 Å². The first kappa shape index (κ1) is 11.6. The van der Waals surface area contributed by atoms with Gasteiger partial charge in [0.15, 0.2) is 0 Å². The van der Waals surface area contributed by atoms with E-state index in [9.17, 15) is 0 Å². The van der Waals surface area contributed by atoms with Crippen molar-refractivity contribution in [2.24, 2.45) is 0 Å². The summed E-state index contributed by atoms with van der Waals surface area (Å²) in [5.41, 5.74) is 0. The zero-order valence-corrected chi connectivity index (χ0v) is 9.14. The van der Waals surface area contributed by atoms with Gasteiger partial charge in [0, 0.05) is 0 Å². The molecule has 2 aliphatic heterocycles. The first-order chi connectivity index (χ1) is 5.00. The molecule has 2 aliphatic rings. The average Bonchev–Trinajstić information content (AvgIpc) is 2.67. The van der Waals surface area contributed by atoms with Crippen LogP contribution in [-0.2, 0) is 21.1 Å². The Labute approximate surface area is 83.8 Å². The molecule has 11 heavy (non-hydrogen) atoms. The second-order valence-electron chi connectivity index (χ2n) is 2.76. The van der Waals surface area contributed by atoms with Crippen LogP contribution < -0.4 is 0 Å². The van der Waals surface area contributed by atoms with Crippen LogP contribution in [0.15, 0.2) is 0 Å². The number of hydrogen-bond acceptors (Lipinski definition) is 0. The number of nitrogens with zero attached hydrogens (tertiary/aromatic N) is 2. The third kappa shape index (κ3) is 6.99. The Morgan fingerprint density at radius 1 is 0.545 bits per heavy atom. The topological polar surface area (TPSA) is 28.2 Å². The zero-order valence-electron chi connectivity index (χ0n) is 6.87. The van der Waals surface area contributed by atoms with Crippen LogP contribution in [0.2, 0.25) is 0 Å². The first-order valence-electron chi connectivity index (χ1n) is 4.26. The van der Waals surface area contributed by atoms with Crippen LogP contribution in [0.25, 0.3) is 10.6 Å². The van der Waals surface area contributed by atoms with E-state index in [1.807, 2.05) is 0 Å². The van der Waals surface area contributed by atoms with Crippen LogP contribution in [0.5, 0.6) is 0 Å². The predicted molar refractivity (Wildman–Crippen MR) is 44.7 cm³/mol. The Hall–Kier alpha value is 0.608. The van der Waals surface area contributed by atoms with Crippen LogP contribution in [0.3, 0.4) is 0 Å². The van der Waals surface area contributed by atoms with Gasteiger partial charge in [0.25, 0.3) is 0 Å². The van der Waals surface area contributed by atoms with Crippen LogP contribution in [0.4, 0.5) is 0 Å². The van der Waals surface area contributed by atoms with Gasteiger partial charge in [-0.3, -0.25) is 0 Å². The molecule has 0 atom stereocenters. The molecule has 2 fully saturated rings. The smallest absolute Gasteiger partial charge is 0.662 e. The second kappa shape index (κ2) is 8.70. The van der Waals surface area contributed by atoms with Gasteiger partial charge in [-0.2, -0.15) is 0 Å². The summed E-state index contributed by atoms with van der Waals surface area (Å²) in [4.78, 5) is 0. The molecule has 2 nitrogen and oxygen atoms in total. The average molecular weight is 335 g/mol. The van der Waals surface area contributed by atoms with Gasteiger partial charge in [-0.25, -0.2) is 0 Å². The van der Waals surface area contributed by atoms with Gasteiger partial charge < -0.3 is 10.6 Å². The molecular formula is C8H16N2Pt. The van der Waals surface area contributed by atoms with Gasteiger partial charge >= 0.3 is 21.1 Å². The number of hydrogen-bond donors (Lipinski definition) is 0. The third-order valence-corrected chi connectivity index (χ3v) is 1.76. The fourth-order valence-corrected chi connectivity index (χ4v) is 1.12. The van der Waals surface area contributed by atoms with Crippen LogP contribution in [0, 0.1) is 0 Å². The monoisotopic (exact) mass is 335 g/mol. The molecule has 0 aromatic heterocycles. The Morgan fingerprint density at radius 3 is 0.909 bits per heavy atom. The second-order valence-corrected chi connectivity index (χ2v) is 2.76. The molecule has 68 valence electrons. The summed E-state index contributed by atoms with van der Waals surface area (Å²) < 4.78 is 0. The van der Waals surface area contributed by atoms with Gasteiger partial charge in [0.05, 0.1) is 0 Å². The van der Waals surface area contributed by atoms with Crippen molar-refractivity contribution in [3.8, 4) is 0 Å². The zero-order chi connectivity index (χ0) is 7.07. The van der Waals surface area contributed by atoms with E-state index in [1.165, 1.54) is 25.7 Å². The molecule has 0 aliphatic carbocycles. The molecule has 0 aromatic carbocycles. The van der Waals surface area contributed by atoms with Crippen molar-refractivity contribution in [3.63, 3.8) is 0 Å². The van der Waals surface area contributed by atoms with E-state index in [0.717, 1.165) is 26.2 Å². The molecular weight excluding hydrogens is 319 g/mol. The van der Waals surface area contributed by atoms with Crippen LogP contribution >= 0.6 is 0 Å². The molecule has 0 saturated carbocycles. The molecule has 0 amide bonds. The minimum absolute atomic E-state index is 0. The minimum Gasteiger partial charge on any atom is -0.662 e. The Morgan fingerprint density at radius 2 is 0.818 bits per heavy atom. The summed E-state index contributed by atoms with van der Waals surface area (Å²) in [7, 11) is 0. The molecule has 0 unspecified atom stereocenters. The molecule has 0 N–H and O–H groups in total. The summed E-state index contributed by atoms with van der Waals surface area (Å²) >= 11 is 0. The van der Waals surface area contributed by atoms with Crippen molar-refractivity contribution < 1.29 is 21.1 Å². The van der Waals surface area contributed by atoms with Crippen LogP contribution in [0.1, 0.15) is 25.7 Å². The van der Waals surface area contributed by atoms with Crippen molar-refractivity contribution >= 4 is 0 Å². The normalized spacial score (nSPS) is 21.8. The van der Waals surface area contributed by atoms with Gasteiger partial charge in [0.1, 0.15) is 0 Å². The van der Waals surface area contributed by atoms with Crippen molar-refractivity contribution in [1.29, 1.82) is 0 Å². The Balaban J connectivity index is 0.000000167. The number of rotatable bonds is 0. The maximum absolute atomic E-state index is 4.08. The van der Waals surface area contributed by atoms with Crippen molar-refractivity contribution in [1.82, 2.24) is 0 Å². The van der Waals surface area contributed by atoms with Gasteiger partial charge in [-0.05, 0) is 0 Å². The minimum atomic E-state index is 0. The molecule has 3 heteroatoms. The van der Waals surface area contributed by atoms with E-state index in [4.69, 9.17) is 0 Å².